The average Bonchev–Trinajstić information content (AvgIpc) is 2.10. The second-order valence-corrected chi connectivity index (χ2v) is 5.51. The van der Waals surface area contributed by atoms with Crippen LogP contribution in [0.5, 0.6) is 0 Å². The summed E-state index contributed by atoms with van der Waals surface area (Å²) in [6.45, 7) is 4.55. The highest BCUT2D eigenvalue weighted by atomic mass is 16.4. The van der Waals surface area contributed by atoms with Crippen molar-refractivity contribution < 1.29 is 19.8 Å². The van der Waals surface area contributed by atoms with Gasteiger partial charge in [0.25, 0.3) is 0 Å². The van der Waals surface area contributed by atoms with Crippen LogP contribution in [0.4, 0.5) is 9.59 Å². The van der Waals surface area contributed by atoms with Gasteiger partial charge in [-0.15, -0.1) is 0 Å². The molecule has 0 saturated heterocycles. The van der Waals surface area contributed by atoms with Gasteiger partial charge >= 0.3 is 12.2 Å². The Bertz CT molecular complexity index is 304. The molecule has 0 radical (unpaired) electrons. The van der Waals surface area contributed by atoms with Crippen LogP contribution < -0.4 is 10.6 Å². The lowest BCUT2D eigenvalue weighted by molar-refractivity contribution is 0.129. The third-order valence-corrected chi connectivity index (χ3v) is 3.13. The van der Waals surface area contributed by atoms with Gasteiger partial charge in [-0.05, 0) is 30.6 Å². The fourth-order valence-electron chi connectivity index (χ4n) is 2.77. The van der Waals surface area contributed by atoms with Gasteiger partial charge < -0.3 is 20.8 Å². The van der Waals surface area contributed by atoms with Crippen molar-refractivity contribution in [2.75, 3.05) is 6.54 Å². The van der Waals surface area contributed by atoms with Gasteiger partial charge in [0, 0.05) is 12.6 Å². The number of hydrogen-bond donors (Lipinski definition) is 4. The first-order valence-electron chi connectivity index (χ1n) is 5.75. The number of hydrogen-bond acceptors (Lipinski definition) is 2. The van der Waals surface area contributed by atoms with E-state index in [9.17, 15) is 9.59 Å². The third kappa shape index (κ3) is 4.93. The predicted molar refractivity (Wildman–Crippen MR) is 62.1 cm³/mol. The Morgan fingerprint density at radius 1 is 1.24 bits per heavy atom. The molecule has 1 saturated carbocycles. The van der Waals surface area contributed by atoms with E-state index < -0.39 is 12.2 Å². The fourth-order valence-corrected chi connectivity index (χ4v) is 2.77. The molecule has 2 atom stereocenters. The number of carboxylic acid groups (broad SMARTS) is 2. The molecule has 1 fully saturated rings. The van der Waals surface area contributed by atoms with E-state index in [4.69, 9.17) is 10.2 Å². The maximum absolute atomic E-state index is 10.6. The Hall–Kier alpha value is -1.46. The van der Waals surface area contributed by atoms with Crippen LogP contribution in [0.2, 0.25) is 0 Å². The molecule has 1 aliphatic rings. The van der Waals surface area contributed by atoms with Crippen molar-refractivity contribution in [3.05, 3.63) is 0 Å². The van der Waals surface area contributed by atoms with Gasteiger partial charge in [-0.25, -0.2) is 9.59 Å². The summed E-state index contributed by atoms with van der Waals surface area (Å²) in [5.41, 5.74) is 0.0379. The van der Waals surface area contributed by atoms with Gasteiger partial charge in [0.2, 0.25) is 0 Å². The summed E-state index contributed by atoms with van der Waals surface area (Å²) in [5, 5.41) is 22.1. The quantitative estimate of drug-likeness (QED) is 0.607. The molecular formula is C11H20N2O4. The average molecular weight is 244 g/mol. The van der Waals surface area contributed by atoms with E-state index in [0.717, 1.165) is 12.8 Å². The van der Waals surface area contributed by atoms with Crippen LogP contribution in [0.1, 0.15) is 33.1 Å². The lowest BCUT2D eigenvalue weighted by atomic mass is 9.70. The summed E-state index contributed by atoms with van der Waals surface area (Å²) >= 11 is 0. The number of carbonyl (C=O) groups is 2. The maximum Gasteiger partial charge on any atom is 0.404 e. The summed E-state index contributed by atoms with van der Waals surface area (Å²) in [6.07, 6.45) is 0.345. The maximum atomic E-state index is 10.6. The SMILES string of the molecule is CC1(C)CC(CNC(=O)O)CC(NC(=O)O)C1. The summed E-state index contributed by atoms with van der Waals surface area (Å²) < 4.78 is 0. The van der Waals surface area contributed by atoms with E-state index in [1.165, 1.54) is 0 Å². The molecule has 17 heavy (non-hydrogen) atoms. The lowest BCUT2D eigenvalue weighted by Crippen LogP contribution is -2.45. The molecule has 0 heterocycles. The molecular weight excluding hydrogens is 224 g/mol. The van der Waals surface area contributed by atoms with Crippen LogP contribution in [0.15, 0.2) is 0 Å². The Morgan fingerprint density at radius 2 is 1.88 bits per heavy atom. The normalized spacial score (nSPS) is 27.2. The Balaban J connectivity index is 2.54. The van der Waals surface area contributed by atoms with Crippen molar-refractivity contribution in [2.45, 2.75) is 39.2 Å². The van der Waals surface area contributed by atoms with Crippen molar-refractivity contribution in [3.63, 3.8) is 0 Å². The highest BCUT2D eigenvalue weighted by Gasteiger charge is 2.34. The zero-order valence-corrected chi connectivity index (χ0v) is 10.2. The molecule has 0 bridgehead atoms. The van der Waals surface area contributed by atoms with Gasteiger partial charge in [-0.3, -0.25) is 0 Å². The van der Waals surface area contributed by atoms with Crippen molar-refractivity contribution in [1.29, 1.82) is 0 Å². The fraction of sp³-hybridized carbons (Fsp3) is 0.818. The first-order valence-corrected chi connectivity index (χ1v) is 5.75. The third-order valence-electron chi connectivity index (χ3n) is 3.13. The van der Waals surface area contributed by atoms with Gasteiger partial charge in [0.1, 0.15) is 0 Å². The van der Waals surface area contributed by atoms with Crippen molar-refractivity contribution in [1.82, 2.24) is 10.6 Å². The molecule has 2 amide bonds. The summed E-state index contributed by atoms with van der Waals surface area (Å²) in [6, 6.07) is -0.0863. The first kappa shape index (κ1) is 13.6. The molecule has 0 aromatic carbocycles. The molecule has 6 nitrogen and oxygen atoms in total. The predicted octanol–water partition coefficient (Wildman–Crippen LogP) is 1.72. The number of rotatable bonds is 3. The van der Waals surface area contributed by atoms with Crippen molar-refractivity contribution in [3.8, 4) is 0 Å². The van der Waals surface area contributed by atoms with Crippen LogP contribution in [0, 0.1) is 11.3 Å². The topological polar surface area (TPSA) is 98.7 Å². The largest absolute Gasteiger partial charge is 0.465 e. The molecule has 6 heteroatoms. The zero-order valence-electron chi connectivity index (χ0n) is 10.2. The second kappa shape index (κ2) is 5.25. The van der Waals surface area contributed by atoms with Crippen molar-refractivity contribution >= 4 is 12.2 Å². The van der Waals surface area contributed by atoms with Crippen LogP contribution in [-0.4, -0.2) is 35.0 Å². The highest BCUT2D eigenvalue weighted by molar-refractivity contribution is 5.65. The van der Waals surface area contributed by atoms with Crippen LogP contribution >= 0.6 is 0 Å². The minimum atomic E-state index is -1.03. The Kier molecular flexibility index (Phi) is 4.20. The van der Waals surface area contributed by atoms with E-state index in [-0.39, 0.29) is 17.4 Å². The Labute approximate surface area is 100 Å². The lowest BCUT2D eigenvalue weighted by Gasteiger charge is -2.40. The number of nitrogens with one attached hydrogen (secondary N) is 2. The summed E-state index contributed by atoms with van der Waals surface area (Å²) in [7, 11) is 0. The minimum absolute atomic E-state index is 0.0379. The second-order valence-electron chi connectivity index (χ2n) is 5.51. The van der Waals surface area contributed by atoms with E-state index in [2.05, 4.69) is 24.5 Å². The molecule has 98 valence electrons. The van der Waals surface area contributed by atoms with Crippen LogP contribution in [-0.2, 0) is 0 Å². The molecule has 1 aliphatic carbocycles. The highest BCUT2D eigenvalue weighted by Crippen LogP contribution is 2.38. The Morgan fingerprint density at radius 3 is 2.41 bits per heavy atom. The standard InChI is InChI=1S/C11H20N2O4/c1-11(2)4-7(6-12-9(14)15)3-8(5-11)13-10(16)17/h7-8,12-13H,3-6H2,1-2H3,(H,14,15)(H,16,17). The van der Waals surface area contributed by atoms with E-state index in [0.29, 0.717) is 13.0 Å². The summed E-state index contributed by atoms with van der Waals surface area (Å²) in [4.78, 5) is 21.1. The molecule has 0 aromatic rings. The van der Waals surface area contributed by atoms with E-state index in [1.807, 2.05) is 0 Å². The van der Waals surface area contributed by atoms with Crippen LogP contribution in [0.25, 0.3) is 0 Å². The van der Waals surface area contributed by atoms with Gasteiger partial charge in [-0.1, -0.05) is 13.8 Å². The van der Waals surface area contributed by atoms with Gasteiger partial charge in [0.15, 0.2) is 0 Å². The molecule has 0 aliphatic heterocycles. The van der Waals surface area contributed by atoms with Gasteiger partial charge in [-0.2, -0.15) is 0 Å². The molecule has 0 aromatic heterocycles. The molecule has 4 N–H and O–H groups in total. The summed E-state index contributed by atoms with van der Waals surface area (Å²) in [5.74, 6) is 0.187. The van der Waals surface area contributed by atoms with E-state index >= 15 is 0 Å². The zero-order chi connectivity index (χ0) is 13.1. The van der Waals surface area contributed by atoms with E-state index in [1.54, 1.807) is 0 Å². The van der Waals surface area contributed by atoms with Crippen LogP contribution in [0.3, 0.4) is 0 Å². The number of amides is 2. The molecule has 2 unspecified atom stereocenters. The monoisotopic (exact) mass is 244 g/mol. The molecule has 0 spiro atoms. The molecule has 1 rings (SSSR count). The smallest absolute Gasteiger partial charge is 0.404 e. The van der Waals surface area contributed by atoms with Crippen molar-refractivity contribution in [2.24, 2.45) is 11.3 Å². The minimum Gasteiger partial charge on any atom is -0.465 e. The van der Waals surface area contributed by atoms with Gasteiger partial charge in [0.05, 0.1) is 0 Å². The first-order chi connectivity index (χ1) is 7.78.